The monoisotopic (exact) mass is 220 g/mol. The van der Waals surface area contributed by atoms with Crippen molar-refractivity contribution in [2.24, 2.45) is 0 Å². The zero-order valence-corrected chi connectivity index (χ0v) is 8.16. The van der Waals surface area contributed by atoms with Crippen LogP contribution in [0.2, 0.25) is 0 Å². The maximum absolute atomic E-state index is 10.8. The largest absolute Gasteiger partial charge is 0.486 e. The molecule has 0 atom stereocenters. The smallest absolute Gasteiger partial charge is 0.341 e. The second-order valence-corrected chi connectivity index (χ2v) is 2.96. The molecule has 6 heteroatoms. The van der Waals surface area contributed by atoms with E-state index in [0.717, 1.165) is 0 Å². The number of carboxylic acids is 1. The van der Waals surface area contributed by atoms with E-state index in [0.29, 0.717) is 5.69 Å². The van der Waals surface area contributed by atoms with Crippen LogP contribution in [0.15, 0.2) is 35.3 Å². The van der Waals surface area contributed by atoms with E-state index in [1.54, 1.807) is 6.07 Å². The van der Waals surface area contributed by atoms with E-state index >= 15 is 0 Å². The highest BCUT2D eigenvalue weighted by Gasteiger charge is 2.11. The molecule has 0 aromatic carbocycles. The molecule has 16 heavy (non-hydrogen) atoms. The van der Waals surface area contributed by atoms with Gasteiger partial charge < -0.3 is 14.4 Å². The Labute approximate surface area is 90.5 Å². The van der Waals surface area contributed by atoms with Gasteiger partial charge in [-0.3, -0.25) is 4.98 Å². The number of carbonyl (C=O) groups is 1. The lowest BCUT2D eigenvalue weighted by molar-refractivity contribution is 0.0691. The van der Waals surface area contributed by atoms with Crippen LogP contribution in [0.5, 0.6) is 5.75 Å². The highest BCUT2D eigenvalue weighted by atomic mass is 16.5. The number of hydrogen-bond acceptors (Lipinski definition) is 5. The number of nitrogens with zero attached hydrogens (tertiary/aromatic N) is 2. The number of rotatable bonds is 4. The first-order chi connectivity index (χ1) is 7.77. The van der Waals surface area contributed by atoms with Crippen LogP contribution in [0.3, 0.4) is 0 Å². The maximum Gasteiger partial charge on any atom is 0.341 e. The third-order valence-corrected chi connectivity index (χ3v) is 1.88. The molecule has 0 bridgehead atoms. The molecule has 0 saturated heterocycles. The van der Waals surface area contributed by atoms with E-state index in [1.807, 2.05) is 0 Å². The van der Waals surface area contributed by atoms with Crippen molar-refractivity contribution < 1.29 is 19.2 Å². The summed E-state index contributed by atoms with van der Waals surface area (Å²) in [5.41, 5.74) is 0.610. The van der Waals surface area contributed by atoms with Gasteiger partial charge >= 0.3 is 5.97 Å². The van der Waals surface area contributed by atoms with Crippen LogP contribution in [0.4, 0.5) is 0 Å². The Balaban J connectivity index is 2.12. The maximum atomic E-state index is 10.8. The number of ether oxygens (including phenoxy) is 1. The van der Waals surface area contributed by atoms with Crippen LogP contribution in [-0.2, 0) is 6.61 Å². The molecule has 0 aliphatic heterocycles. The topological polar surface area (TPSA) is 85.5 Å². The number of aromatic nitrogens is 2. The average molecular weight is 220 g/mol. The lowest BCUT2D eigenvalue weighted by Gasteiger charge is -2.06. The minimum absolute atomic E-state index is 0.0194. The van der Waals surface area contributed by atoms with Gasteiger partial charge in [0.2, 0.25) is 0 Å². The summed E-state index contributed by atoms with van der Waals surface area (Å²) in [6, 6.07) is 3.13. The van der Waals surface area contributed by atoms with Crippen LogP contribution in [0.25, 0.3) is 0 Å². The molecular weight excluding hydrogens is 212 g/mol. The molecule has 1 N–H and O–H groups in total. The quantitative estimate of drug-likeness (QED) is 0.836. The lowest BCUT2D eigenvalue weighted by atomic mass is 10.2. The van der Waals surface area contributed by atoms with Gasteiger partial charge in [-0.05, 0) is 6.07 Å². The molecule has 2 aromatic rings. The fourth-order valence-electron chi connectivity index (χ4n) is 1.13. The Morgan fingerprint density at radius 1 is 1.50 bits per heavy atom. The van der Waals surface area contributed by atoms with Crippen molar-refractivity contribution in [3.8, 4) is 5.75 Å². The minimum Gasteiger partial charge on any atom is -0.486 e. The van der Waals surface area contributed by atoms with Gasteiger partial charge in [-0.1, -0.05) is 5.16 Å². The molecule has 0 radical (unpaired) electrons. The third kappa shape index (κ3) is 2.17. The summed E-state index contributed by atoms with van der Waals surface area (Å²) in [4.78, 5) is 14.5. The molecule has 0 aliphatic carbocycles. The molecule has 0 saturated carbocycles. The van der Waals surface area contributed by atoms with Crippen molar-refractivity contribution in [3.63, 3.8) is 0 Å². The zero-order valence-electron chi connectivity index (χ0n) is 8.16. The summed E-state index contributed by atoms with van der Waals surface area (Å²) in [5, 5.41) is 12.5. The van der Waals surface area contributed by atoms with Crippen molar-refractivity contribution in [2.75, 3.05) is 0 Å². The second kappa shape index (κ2) is 4.43. The third-order valence-electron chi connectivity index (χ3n) is 1.88. The fourth-order valence-corrected chi connectivity index (χ4v) is 1.13. The van der Waals surface area contributed by atoms with E-state index in [-0.39, 0.29) is 17.9 Å². The second-order valence-electron chi connectivity index (χ2n) is 2.96. The Morgan fingerprint density at radius 3 is 3.06 bits per heavy atom. The molecule has 6 nitrogen and oxygen atoms in total. The number of aromatic carboxylic acids is 1. The van der Waals surface area contributed by atoms with Crippen molar-refractivity contribution >= 4 is 5.97 Å². The molecule has 82 valence electrons. The molecule has 2 aromatic heterocycles. The Kier molecular flexibility index (Phi) is 2.81. The summed E-state index contributed by atoms with van der Waals surface area (Å²) in [5.74, 6) is -0.825. The summed E-state index contributed by atoms with van der Waals surface area (Å²) in [7, 11) is 0. The van der Waals surface area contributed by atoms with Gasteiger partial charge in [0.15, 0.2) is 0 Å². The van der Waals surface area contributed by atoms with Gasteiger partial charge in [0.05, 0.1) is 0 Å². The summed E-state index contributed by atoms with van der Waals surface area (Å²) >= 11 is 0. The summed E-state index contributed by atoms with van der Waals surface area (Å²) in [6.45, 7) is 0.154. The average Bonchev–Trinajstić information content (AvgIpc) is 2.79. The van der Waals surface area contributed by atoms with E-state index in [4.69, 9.17) is 9.84 Å². The van der Waals surface area contributed by atoms with Gasteiger partial charge in [-0.25, -0.2) is 4.79 Å². The fraction of sp³-hybridized carbons (Fsp3) is 0.100. The molecule has 0 spiro atoms. The Morgan fingerprint density at radius 2 is 2.38 bits per heavy atom. The molecule has 0 unspecified atom stereocenters. The first-order valence-electron chi connectivity index (χ1n) is 4.47. The highest BCUT2D eigenvalue weighted by molar-refractivity contribution is 5.90. The summed E-state index contributed by atoms with van der Waals surface area (Å²) < 4.78 is 9.92. The number of pyridine rings is 1. The van der Waals surface area contributed by atoms with E-state index in [1.165, 1.54) is 24.7 Å². The minimum atomic E-state index is -1.08. The van der Waals surface area contributed by atoms with Crippen LogP contribution in [0.1, 0.15) is 16.1 Å². The van der Waals surface area contributed by atoms with Crippen LogP contribution in [-0.4, -0.2) is 21.2 Å². The van der Waals surface area contributed by atoms with Crippen molar-refractivity contribution in [3.05, 3.63) is 42.0 Å². The van der Waals surface area contributed by atoms with Gasteiger partial charge in [0.1, 0.15) is 29.9 Å². The van der Waals surface area contributed by atoms with Gasteiger partial charge in [0.25, 0.3) is 0 Å². The van der Waals surface area contributed by atoms with Crippen LogP contribution < -0.4 is 4.74 Å². The number of hydrogen-bond donors (Lipinski definition) is 1. The molecule has 0 aliphatic rings. The zero-order chi connectivity index (χ0) is 11.4. The summed E-state index contributed by atoms with van der Waals surface area (Å²) in [6.07, 6.45) is 4.12. The van der Waals surface area contributed by atoms with Gasteiger partial charge in [0, 0.05) is 18.5 Å². The Bertz CT molecular complexity index is 481. The molecular formula is C10H8N2O4. The van der Waals surface area contributed by atoms with Crippen molar-refractivity contribution in [1.82, 2.24) is 10.1 Å². The van der Waals surface area contributed by atoms with Gasteiger partial charge in [-0.2, -0.15) is 0 Å². The van der Waals surface area contributed by atoms with Gasteiger partial charge in [-0.15, -0.1) is 0 Å². The molecule has 2 rings (SSSR count). The lowest BCUT2D eigenvalue weighted by Crippen LogP contribution is -2.03. The first kappa shape index (κ1) is 10.2. The normalized spacial score (nSPS) is 10.0. The Hall–Kier alpha value is -2.37. The molecule has 0 amide bonds. The first-order valence-corrected chi connectivity index (χ1v) is 4.47. The van der Waals surface area contributed by atoms with E-state index < -0.39 is 5.97 Å². The SMILES string of the molecule is O=C(O)c1cnccc1OCc1ccon1. The van der Waals surface area contributed by atoms with Crippen LogP contribution in [0, 0.1) is 0 Å². The van der Waals surface area contributed by atoms with Crippen molar-refractivity contribution in [1.29, 1.82) is 0 Å². The van der Waals surface area contributed by atoms with Crippen LogP contribution >= 0.6 is 0 Å². The highest BCUT2D eigenvalue weighted by Crippen LogP contribution is 2.17. The molecule has 2 heterocycles. The molecule has 0 fully saturated rings. The standard InChI is InChI=1S/C10H8N2O4/c13-10(14)8-5-11-3-1-9(8)15-6-7-2-4-16-12-7/h1-5H,6H2,(H,13,14). The van der Waals surface area contributed by atoms with E-state index in [9.17, 15) is 4.79 Å². The predicted molar refractivity (Wildman–Crippen MR) is 52.0 cm³/mol. The van der Waals surface area contributed by atoms with Crippen molar-refractivity contribution in [2.45, 2.75) is 6.61 Å². The number of carboxylic acid groups (broad SMARTS) is 1. The van der Waals surface area contributed by atoms with E-state index in [2.05, 4.69) is 14.7 Å². The predicted octanol–water partition coefficient (Wildman–Crippen LogP) is 1.35.